The number of aliphatic imine (C=N–C) groups is 1. The van der Waals surface area contributed by atoms with Gasteiger partial charge in [-0.25, -0.2) is 9.79 Å². The van der Waals surface area contributed by atoms with Crippen LogP contribution in [0.3, 0.4) is 0 Å². The quantitative estimate of drug-likeness (QED) is 0.333. The molecule has 0 fully saturated rings. The molecule has 0 saturated carbocycles. The molecule has 3 rings (SSSR count). The van der Waals surface area contributed by atoms with Crippen molar-refractivity contribution in [3.63, 3.8) is 0 Å². The lowest BCUT2D eigenvalue weighted by atomic mass is 10.1. The van der Waals surface area contributed by atoms with E-state index >= 15 is 0 Å². The smallest absolute Gasteiger partial charge is 0.363 e. The summed E-state index contributed by atoms with van der Waals surface area (Å²) in [5.41, 5.74) is 1.22. The molecule has 0 unspecified atom stereocenters. The third-order valence-corrected chi connectivity index (χ3v) is 4.08. The van der Waals surface area contributed by atoms with Crippen LogP contribution in [0.4, 0.5) is 5.69 Å². The lowest BCUT2D eigenvalue weighted by molar-refractivity contribution is -0.385. The van der Waals surface area contributed by atoms with Crippen molar-refractivity contribution in [2.45, 2.75) is 0 Å². The standard InChI is InChI=1S/C18H11BrN2O4/c19-14-9-3-2-8-13(14)17-20-15(18(22)25-17)10-5-7-12-6-1-4-11-16(12)21(23)24/h1-11H. The molecule has 124 valence electrons. The fourth-order valence-electron chi connectivity index (χ4n) is 2.21. The molecule has 0 aromatic heterocycles. The molecule has 7 heteroatoms. The highest BCUT2D eigenvalue weighted by Gasteiger charge is 2.24. The molecule has 0 N–H and O–H groups in total. The van der Waals surface area contributed by atoms with E-state index in [-0.39, 0.29) is 17.3 Å². The molecule has 0 spiro atoms. The van der Waals surface area contributed by atoms with E-state index in [9.17, 15) is 14.9 Å². The maximum absolute atomic E-state index is 11.9. The van der Waals surface area contributed by atoms with Crippen LogP contribution in [0.1, 0.15) is 11.1 Å². The number of para-hydroxylation sites is 1. The molecule has 0 aliphatic carbocycles. The number of rotatable bonds is 4. The Morgan fingerprint density at radius 1 is 1.12 bits per heavy atom. The number of carbonyl (C=O) groups is 1. The van der Waals surface area contributed by atoms with Gasteiger partial charge in [0.05, 0.1) is 16.1 Å². The summed E-state index contributed by atoms with van der Waals surface area (Å²) < 4.78 is 5.94. The number of cyclic esters (lactones) is 1. The van der Waals surface area contributed by atoms with E-state index in [1.165, 1.54) is 18.2 Å². The van der Waals surface area contributed by atoms with Crippen molar-refractivity contribution in [3.05, 3.63) is 92.1 Å². The Hall–Kier alpha value is -3.06. The van der Waals surface area contributed by atoms with E-state index in [0.29, 0.717) is 11.1 Å². The Labute approximate surface area is 151 Å². The van der Waals surface area contributed by atoms with Crippen molar-refractivity contribution >= 4 is 39.6 Å². The van der Waals surface area contributed by atoms with Crippen LogP contribution in [0.25, 0.3) is 6.08 Å². The Morgan fingerprint density at radius 2 is 1.84 bits per heavy atom. The Balaban J connectivity index is 1.86. The first-order valence-electron chi connectivity index (χ1n) is 7.24. The average molecular weight is 399 g/mol. The van der Waals surface area contributed by atoms with Crippen LogP contribution in [0.2, 0.25) is 0 Å². The van der Waals surface area contributed by atoms with Crippen LogP contribution in [-0.4, -0.2) is 16.8 Å². The molecule has 2 aromatic rings. The first kappa shape index (κ1) is 16.8. The lowest BCUT2D eigenvalue weighted by Gasteiger charge is -2.01. The summed E-state index contributed by atoms with van der Waals surface area (Å²) in [4.78, 5) is 26.6. The zero-order valence-corrected chi connectivity index (χ0v) is 14.3. The number of ether oxygens (including phenoxy) is 1. The minimum atomic E-state index is -0.571. The highest BCUT2D eigenvalue weighted by molar-refractivity contribution is 9.10. The van der Waals surface area contributed by atoms with Crippen molar-refractivity contribution in [1.82, 2.24) is 0 Å². The van der Waals surface area contributed by atoms with Crippen LogP contribution in [-0.2, 0) is 9.53 Å². The topological polar surface area (TPSA) is 81.8 Å². The molecule has 0 radical (unpaired) electrons. The van der Waals surface area contributed by atoms with Crippen molar-refractivity contribution in [3.8, 4) is 0 Å². The van der Waals surface area contributed by atoms with Gasteiger partial charge < -0.3 is 4.74 Å². The first-order chi connectivity index (χ1) is 12.1. The second-order valence-corrected chi connectivity index (χ2v) is 5.87. The SMILES string of the molecule is O=C1OC(c2ccccc2Br)=NC1=CC=Cc1ccccc1[N+](=O)[O-]. The highest BCUT2D eigenvalue weighted by Crippen LogP contribution is 2.23. The van der Waals surface area contributed by atoms with Crippen LogP contribution in [0, 0.1) is 10.1 Å². The molecule has 0 amide bonds. The Morgan fingerprint density at radius 3 is 2.60 bits per heavy atom. The number of nitro groups is 1. The van der Waals surface area contributed by atoms with E-state index in [1.807, 2.05) is 18.2 Å². The second kappa shape index (κ2) is 7.23. The van der Waals surface area contributed by atoms with Gasteiger partial charge in [-0.05, 0) is 46.3 Å². The highest BCUT2D eigenvalue weighted by atomic mass is 79.9. The number of halogens is 1. The number of nitrogens with zero attached hydrogens (tertiary/aromatic N) is 2. The summed E-state index contributed by atoms with van der Waals surface area (Å²) in [5.74, 6) is -0.360. The minimum Gasteiger partial charge on any atom is -0.402 e. The molecular formula is C18H11BrN2O4. The van der Waals surface area contributed by atoms with E-state index in [0.717, 1.165) is 4.47 Å². The van der Waals surface area contributed by atoms with Gasteiger partial charge in [0.2, 0.25) is 5.90 Å². The number of allylic oxidation sites excluding steroid dienone is 2. The van der Waals surface area contributed by atoms with Gasteiger partial charge in [0.15, 0.2) is 5.70 Å². The summed E-state index contributed by atoms with van der Waals surface area (Å²) >= 11 is 3.38. The van der Waals surface area contributed by atoms with E-state index in [4.69, 9.17) is 4.74 Å². The molecule has 1 aliphatic rings. The van der Waals surface area contributed by atoms with Gasteiger partial charge in [-0.2, -0.15) is 0 Å². The number of carbonyl (C=O) groups excluding carboxylic acids is 1. The predicted molar refractivity (Wildman–Crippen MR) is 97.0 cm³/mol. The van der Waals surface area contributed by atoms with Gasteiger partial charge in [-0.15, -0.1) is 0 Å². The fourth-order valence-corrected chi connectivity index (χ4v) is 2.67. The average Bonchev–Trinajstić information content (AvgIpc) is 2.96. The maximum atomic E-state index is 11.9. The van der Waals surface area contributed by atoms with Crippen LogP contribution >= 0.6 is 15.9 Å². The fraction of sp³-hybridized carbons (Fsp3) is 0. The van der Waals surface area contributed by atoms with Gasteiger partial charge in [-0.3, -0.25) is 10.1 Å². The first-order valence-corrected chi connectivity index (χ1v) is 8.03. The number of benzene rings is 2. The third-order valence-electron chi connectivity index (χ3n) is 3.39. The van der Waals surface area contributed by atoms with Gasteiger partial charge >= 0.3 is 5.97 Å². The number of hydrogen-bond acceptors (Lipinski definition) is 5. The van der Waals surface area contributed by atoms with Crippen LogP contribution < -0.4 is 0 Å². The van der Waals surface area contributed by atoms with Gasteiger partial charge in [-0.1, -0.05) is 30.3 Å². The predicted octanol–water partition coefficient (Wildman–Crippen LogP) is 4.26. The zero-order chi connectivity index (χ0) is 17.8. The van der Waals surface area contributed by atoms with E-state index in [1.54, 1.807) is 30.3 Å². The number of nitro benzene ring substituents is 1. The monoisotopic (exact) mass is 398 g/mol. The van der Waals surface area contributed by atoms with Crippen LogP contribution in [0.5, 0.6) is 0 Å². The second-order valence-electron chi connectivity index (χ2n) is 5.01. The number of esters is 1. The molecule has 1 aliphatic heterocycles. The number of hydrogen-bond donors (Lipinski definition) is 0. The van der Waals surface area contributed by atoms with Crippen molar-refractivity contribution < 1.29 is 14.5 Å². The van der Waals surface area contributed by atoms with Gasteiger partial charge in [0, 0.05) is 10.5 Å². The third kappa shape index (κ3) is 3.72. The van der Waals surface area contributed by atoms with Crippen molar-refractivity contribution in [2.24, 2.45) is 4.99 Å². The largest absolute Gasteiger partial charge is 0.402 e. The van der Waals surface area contributed by atoms with E-state index < -0.39 is 10.9 Å². The van der Waals surface area contributed by atoms with E-state index in [2.05, 4.69) is 20.9 Å². The summed E-state index contributed by atoms with van der Waals surface area (Å²) in [7, 11) is 0. The van der Waals surface area contributed by atoms with Crippen LogP contribution in [0.15, 0.2) is 75.8 Å². The molecular weight excluding hydrogens is 388 g/mol. The van der Waals surface area contributed by atoms with Crippen molar-refractivity contribution in [2.75, 3.05) is 0 Å². The van der Waals surface area contributed by atoms with Gasteiger partial charge in [0.1, 0.15) is 0 Å². The minimum absolute atomic E-state index is 0.0106. The zero-order valence-electron chi connectivity index (χ0n) is 12.8. The summed E-state index contributed by atoms with van der Waals surface area (Å²) in [6.07, 6.45) is 4.54. The summed E-state index contributed by atoms with van der Waals surface area (Å²) in [6.45, 7) is 0. The van der Waals surface area contributed by atoms with Crippen molar-refractivity contribution in [1.29, 1.82) is 0 Å². The Bertz CT molecular complexity index is 948. The molecule has 25 heavy (non-hydrogen) atoms. The lowest BCUT2D eigenvalue weighted by Crippen LogP contribution is -2.05. The summed E-state index contributed by atoms with van der Waals surface area (Å²) in [5, 5.41) is 11.0. The molecule has 1 heterocycles. The molecule has 6 nitrogen and oxygen atoms in total. The summed E-state index contributed by atoms with van der Waals surface area (Å²) in [6, 6.07) is 13.6. The normalized spacial score (nSPS) is 15.5. The Kier molecular flexibility index (Phi) is 4.85. The molecule has 0 saturated heterocycles. The van der Waals surface area contributed by atoms with Gasteiger partial charge in [0.25, 0.3) is 5.69 Å². The molecule has 0 atom stereocenters. The maximum Gasteiger partial charge on any atom is 0.363 e. The molecule has 2 aromatic carbocycles. The molecule has 0 bridgehead atoms.